The highest BCUT2D eigenvalue weighted by molar-refractivity contribution is 7.99. The number of hydrogen-bond acceptors (Lipinski definition) is 6. The van der Waals surface area contributed by atoms with Gasteiger partial charge in [-0.15, -0.1) is 11.8 Å². The number of nitrogens with zero attached hydrogens (tertiary/aromatic N) is 2. The number of piperazine rings is 1. The molecule has 1 aromatic carbocycles. The average Bonchev–Trinajstić information content (AvgIpc) is 2.76. The smallest absolute Gasteiger partial charge is 0.409 e. The SMILES string of the molecule is CCOC(=O)N1CCN(C(=O)CC2C(=O)NC(SCc3ccccc3F)NC2C)CC1. The number of nitrogens with one attached hydrogen (secondary N) is 2. The molecule has 0 aliphatic carbocycles. The topological polar surface area (TPSA) is 91.0 Å². The van der Waals surface area contributed by atoms with Gasteiger partial charge in [0.25, 0.3) is 0 Å². The summed E-state index contributed by atoms with van der Waals surface area (Å²) in [5.41, 5.74) is 0.233. The van der Waals surface area contributed by atoms with Crippen LogP contribution in [0.5, 0.6) is 0 Å². The maximum absolute atomic E-state index is 13.8. The van der Waals surface area contributed by atoms with E-state index in [0.29, 0.717) is 44.1 Å². The van der Waals surface area contributed by atoms with Crippen molar-refractivity contribution in [3.05, 3.63) is 35.6 Å². The number of ether oxygens (including phenoxy) is 1. The van der Waals surface area contributed by atoms with Crippen LogP contribution < -0.4 is 10.6 Å². The van der Waals surface area contributed by atoms with Crippen molar-refractivity contribution in [2.45, 2.75) is 37.6 Å². The van der Waals surface area contributed by atoms with Crippen LogP contribution in [0.3, 0.4) is 0 Å². The quantitative estimate of drug-likeness (QED) is 0.684. The lowest BCUT2D eigenvalue weighted by atomic mass is 9.94. The Morgan fingerprint density at radius 2 is 1.87 bits per heavy atom. The fraction of sp³-hybridized carbons (Fsp3) is 0.571. The molecule has 170 valence electrons. The van der Waals surface area contributed by atoms with Gasteiger partial charge in [0.2, 0.25) is 11.8 Å². The number of rotatable bonds is 6. The molecule has 31 heavy (non-hydrogen) atoms. The Balaban J connectivity index is 1.46. The fourth-order valence-electron chi connectivity index (χ4n) is 3.68. The highest BCUT2D eigenvalue weighted by Crippen LogP contribution is 2.23. The first-order chi connectivity index (χ1) is 14.9. The van der Waals surface area contributed by atoms with E-state index in [1.54, 1.807) is 34.9 Å². The monoisotopic (exact) mass is 452 g/mol. The number of carbonyl (C=O) groups is 3. The summed E-state index contributed by atoms with van der Waals surface area (Å²) in [6, 6.07) is 6.36. The standard InChI is InChI=1S/C21H29FN4O4S/c1-3-30-21(29)26-10-8-25(9-11-26)18(27)12-16-14(2)23-20(24-19(16)28)31-13-15-6-4-5-7-17(15)22/h4-7,14,16,20,23H,3,8-13H2,1-2H3,(H,24,28). The first-order valence-corrected chi connectivity index (χ1v) is 11.5. The van der Waals surface area contributed by atoms with Gasteiger partial charge in [0.15, 0.2) is 0 Å². The molecule has 0 saturated carbocycles. The van der Waals surface area contributed by atoms with E-state index in [1.165, 1.54) is 17.8 Å². The molecule has 2 saturated heterocycles. The van der Waals surface area contributed by atoms with Crippen LogP contribution in [0.15, 0.2) is 24.3 Å². The van der Waals surface area contributed by atoms with Gasteiger partial charge in [-0.05, 0) is 25.5 Å². The summed E-state index contributed by atoms with van der Waals surface area (Å²) in [6.45, 7) is 5.65. The number of amides is 3. The molecule has 0 spiro atoms. The summed E-state index contributed by atoms with van der Waals surface area (Å²) in [5, 5.41) is 6.18. The van der Waals surface area contributed by atoms with Crippen molar-refractivity contribution in [2.75, 3.05) is 32.8 Å². The normalized spacial score (nSPS) is 24.0. The Bertz CT molecular complexity index is 803. The third-order valence-electron chi connectivity index (χ3n) is 5.54. The highest BCUT2D eigenvalue weighted by atomic mass is 32.2. The molecule has 0 radical (unpaired) electrons. The molecule has 2 N–H and O–H groups in total. The lowest BCUT2D eigenvalue weighted by Crippen LogP contribution is -2.60. The van der Waals surface area contributed by atoms with Gasteiger partial charge in [-0.1, -0.05) is 18.2 Å². The van der Waals surface area contributed by atoms with Crippen molar-refractivity contribution in [1.82, 2.24) is 20.4 Å². The summed E-state index contributed by atoms with van der Waals surface area (Å²) in [6.07, 6.45) is -0.262. The minimum Gasteiger partial charge on any atom is -0.450 e. The first-order valence-electron chi connectivity index (χ1n) is 10.5. The van der Waals surface area contributed by atoms with Gasteiger partial charge in [-0.2, -0.15) is 0 Å². The summed E-state index contributed by atoms with van der Waals surface area (Å²) in [5.74, 6) is -0.616. The van der Waals surface area contributed by atoms with E-state index >= 15 is 0 Å². The van der Waals surface area contributed by atoms with Gasteiger partial charge in [-0.3, -0.25) is 14.9 Å². The van der Waals surface area contributed by atoms with Crippen molar-refractivity contribution in [1.29, 1.82) is 0 Å². The summed E-state index contributed by atoms with van der Waals surface area (Å²) < 4.78 is 18.8. The summed E-state index contributed by atoms with van der Waals surface area (Å²) in [7, 11) is 0. The Morgan fingerprint density at radius 3 is 2.52 bits per heavy atom. The minimum absolute atomic E-state index is 0.101. The van der Waals surface area contributed by atoms with E-state index in [2.05, 4.69) is 10.6 Å². The van der Waals surface area contributed by atoms with Gasteiger partial charge in [0.05, 0.1) is 12.5 Å². The molecule has 0 bridgehead atoms. The fourth-order valence-corrected chi connectivity index (χ4v) is 4.77. The molecule has 1 aromatic rings. The third-order valence-corrected chi connectivity index (χ3v) is 6.61. The van der Waals surface area contributed by atoms with Crippen LogP contribution in [0.4, 0.5) is 9.18 Å². The second-order valence-corrected chi connectivity index (χ2v) is 8.72. The largest absolute Gasteiger partial charge is 0.450 e. The molecule has 3 unspecified atom stereocenters. The van der Waals surface area contributed by atoms with Crippen molar-refractivity contribution < 1.29 is 23.5 Å². The van der Waals surface area contributed by atoms with E-state index in [0.717, 1.165) is 0 Å². The van der Waals surface area contributed by atoms with Gasteiger partial charge >= 0.3 is 6.09 Å². The van der Waals surface area contributed by atoms with Crippen LogP contribution in [-0.2, 0) is 20.1 Å². The Morgan fingerprint density at radius 1 is 1.19 bits per heavy atom. The van der Waals surface area contributed by atoms with E-state index in [-0.39, 0.29) is 41.7 Å². The third kappa shape index (κ3) is 6.10. The molecular weight excluding hydrogens is 423 g/mol. The van der Waals surface area contributed by atoms with Crippen LogP contribution >= 0.6 is 11.8 Å². The molecule has 3 amide bonds. The molecule has 2 heterocycles. The Hall–Kier alpha value is -2.33. The van der Waals surface area contributed by atoms with Crippen molar-refractivity contribution in [3.8, 4) is 0 Å². The molecule has 10 heteroatoms. The predicted octanol–water partition coefficient (Wildman–Crippen LogP) is 1.76. The number of hydrogen-bond donors (Lipinski definition) is 2. The Labute approximate surface area is 185 Å². The molecular formula is C21H29FN4O4S. The lowest BCUT2D eigenvalue weighted by Gasteiger charge is -2.37. The van der Waals surface area contributed by atoms with Crippen LogP contribution in [0.1, 0.15) is 25.8 Å². The highest BCUT2D eigenvalue weighted by Gasteiger charge is 2.36. The molecule has 2 fully saturated rings. The zero-order valence-corrected chi connectivity index (χ0v) is 18.6. The molecule has 3 rings (SSSR count). The number of halogens is 1. The van der Waals surface area contributed by atoms with Crippen molar-refractivity contribution >= 4 is 29.7 Å². The molecule has 0 aromatic heterocycles. The maximum Gasteiger partial charge on any atom is 0.409 e. The van der Waals surface area contributed by atoms with Crippen LogP contribution in [-0.4, -0.2) is 72.0 Å². The lowest BCUT2D eigenvalue weighted by molar-refractivity contribution is -0.139. The minimum atomic E-state index is -0.485. The van der Waals surface area contributed by atoms with Crippen molar-refractivity contribution in [2.24, 2.45) is 5.92 Å². The number of thioether (sulfide) groups is 1. The van der Waals surface area contributed by atoms with E-state index < -0.39 is 5.92 Å². The van der Waals surface area contributed by atoms with Crippen LogP contribution in [0.25, 0.3) is 0 Å². The van der Waals surface area contributed by atoms with E-state index in [4.69, 9.17) is 4.74 Å². The summed E-state index contributed by atoms with van der Waals surface area (Å²) >= 11 is 1.40. The van der Waals surface area contributed by atoms with Gasteiger partial charge in [0.1, 0.15) is 11.3 Å². The second-order valence-electron chi connectivity index (χ2n) is 7.62. The van der Waals surface area contributed by atoms with Crippen LogP contribution in [0.2, 0.25) is 0 Å². The summed E-state index contributed by atoms with van der Waals surface area (Å²) in [4.78, 5) is 40.4. The zero-order chi connectivity index (χ0) is 22.4. The Kier molecular flexibility index (Phi) is 8.14. The molecule has 2 aliphatic heterocycles. The predicted molar refractivity (Wildman–Crippen MR) is 116 cm³/mol. The molecule has 3 atom stereocenters. The molecule has 2 aliphatic rings. The average molecular weight is 453 g/mol. The molecule has 8 nitrogen and oxygen atoms in total. The second kappa shape index (κ2) is 10.8. The number of benzene rings is 1. The van der Waals surface area contributed by atoms with Gasteiger partial charge < -0.3 is 19.9 Å². The van der Waals surface area contributed by atoms with E-state index in [9.17, 15) is 18.8 Å². The van der Waals surface area contributed by atoms with E-state index in [1.807, 2.05) is 6.92 Å². The van der Waals surface area contributed by atoms with Gasteiger partial charge in [-0.25, -0.2) is 9.18 Å². The zero-order valence-electron chi connectivity index (χ0n) is 17.8. The van der Waals surface area contributed by atoms with Crippen molar-refractivity contribution in [3.63, 3.8) is 0 Å². The maximum atomic E-state index is 13.8. The first kappa shape index (κ1) is 23.3. The van der Waals surface area contributed by atoms with Crippen LogP contribution in [0, 0.1) is 11.7 Å². The number of carbonyl (C=O) groups excluding carboxylic acids is 3. The van der Waals surface area contributed by atoms with Gasteiger partial charge in [0, 0.05) is 44.4 Å².